The molecule has 0 aliphatic heterocycles. The monoisotopic (exact) mass is 299 g/mol. The van der Waals surface area contributed by atoms with Crippen molar-refractivity contribution in [1.29, 1.82) is 0 Å². The fourth-order valence-corrected chi connectivity index (χ4v) is 2.67. The first-order valence-electron chi connectivity index (χ1n) is 7.38. The van der Waals surface area contributed by atoms with Crippen LogP contribution in [0, 0.1) is 0 Å². The van der Waals surface area contributed by atoms with E-state index in [0.717, 1.165) is 18.7 Å². The standard InChI is InChI=1S/C14H25N3O2S/c1-3-4-5-6-7-8-9-10-12-15-14(17(2)16-12)20-11-13(18)19/h3-11H2,1-2H3,(H,18,19). The molecule has 5 nitrogen and oxygen atoms in total. The third kappa shape index (κ3) is 6.93. The van der Waals surface area contributed by atoms with Gasteiger partial charge in [-0.2, -0.15) is 5.10 Å². The van der Waals surface area contributed by atoms with Gasteiger partial charge >= 0.3 is 5.97 Å². The Kier molecular flexibility index (Phi) is 8.34. The third-order valence-corrected chi connectivity index (χ3v) is 4.10. The van der Waals surface area contributed by atoms with Crippen molar-refractivity contribution in [2.45, 2.75) is 63.4 Å². The molecule has 0 unspecified atom stereocenters. The molecule has 1 aromatic rings. The Balaban J connectivity index is 2.20. The molecular formula is C14H25N3O2S. The topological polar surface area (TPSA) is 68.0 Å². The summed E-state index contributed by atoms with van der Waals surface area (Å²) in [5.41, 5.74) is 0. The van der Waals surface area contributed by atoms with E-state index < -0.39 is 5.97 Å². The third-order valence-electron chi connectivity index (χ3n) is 3.10. The van der Waals surface area contributed by atoms with E-state index in [0.29, 0.717) is 5.16 Å². The minimum atomic E-state index is -0.827. The summed E-state index contributed by atoms with van der Waals surface area (Å²) < 4.78 is 1.67. The highest BCUT2D eigenvalue weighted by atomic mass is 32.2. The van der Waals surface area contributed by atoms with Crippen molar-refractivity contribution < 1.29 is 9.90 Å². The van der Waals surface area contributed by atoms with Crippen LogP contribution in [0.15, 0.2) is 5.16 Å². The maximum Gasteiger partial charge on any atom is 0.313 e. The minimum Gasteiger partial charge on any atom is -0.481 e. The number of carbonyl (C=O) groups is 1. The van der Waals surface area contributed by atoms with Crippen molar-refractivity contribution in [2.24, 2.45) is 7.05 Å². The van der Waals surface area contributed by atoms with Crippen LogP contribution in [0.5, 0.6) is 0 Å². The Morgan fingerprint density at radius 2 is 1.85 bits per heavy atom. The van der Waals surface area contributed by atoms with E-state index in [9.17, 15) is 4.79 Å². The Morgan fingerprint density at radius 3 is 2.50 bits per heavy atom. The zero-order valence-electron chi connectivity index (χ0n) is 12.5. The molecule has 0 fully saturated rings. The lowest BCUT2D eigenvalue weighted by atomic mass is 10.1. The molecule has 0 saturated heterocycles. The van der Waals surface area contributed by atoms with Crippen molar-refractivity contribution in [3.63, 3.8) is 0 Å². The zero-order chi connectivity index (χ0) is 14.8. The van der Waals surface area contributed by atoms with Crippen LogP contribution in [-0.4, -0.2) is 31.6 Å². The van der Waals surface area contributed by atoms with Gasteiger partial charge < -0.3 is 5.11 Å². The first-order chi connectivity index (χ1) is 9.63. The summed E-state index contributed by atoms with van der Waals surface area (Å²) in [5, 5.41) is 13.7. The first-order valence-corrected chi connectivity index (χ1v) is 8.36. The van der Waals surface area contributed by atoms with Gasteiger partial charge in [-0.1, -0.05) is 57.2 Å². The van der Waals surface area contributed by atoms with Gasteiger partial charge in [-0.3, -0.25) is 4.79 Å². The van der Waals surface area contributed by atoms with Gasteiger partial charge in [-0.05, 0) is 6.42 Å². The largest absolute Gasteiger partial charge is 0.481 e. The highest BCUT2D eigenvalue weighted by Crippen LogP contribution is 2.15. The summed E-state index contributed by atoms with van der Waals surface area (Å²) in [6, 6.07) is 0. The number of carboxylic acids is 1. The van der Waals surface area contributed by atoms with E-state index >= 15 is 0 Å². The number of unbranched alkanes of at least 4 members (excludes halogenated alkanes) is 6. The zero-order valence-corrected chi connectivity index (χ0v) is 13.3. The van der Waals surface area contributed by atoms with Gasteiger partial charge in [0.1, 0.15) is 0 Å². The molecule has 0 radical (unpaired) electrons. The van der Waals surface area contributed by atoms with E-state index in [2.05, 4.69) is 17.0 Å². The number of thioether (sulfide) groups is 1. The van der Waals surface area contributed by atoms with E-state index in [1.165, 1.54) is 50.3 Å². The molecule has 0 aliphatic carbocycles. The summed E-state index contributed by atoms with van der Waals surface area (Å²) in [4.78, 5) is 14.9. The van der Waals surface area contributed by atoms with Crippen molar-refractivity contribution in [1.82, 2.24) is 14.8 Å². The molecule has 0 amide bonds. The summed E-state index contributed by atoms with van der Waals surface area (Å²) >= 11 is 1.22. The van der Waals surface area contributed by atoms with Crippen molar-refractivity contribution >= 4 is 17.7 Å². The number of aryl methyl sites for hydroxylation is 2. The van der Waals surface area contributed by atoms with Crippen molar-refractivity contribution in [2.75, 3.05) is 5.75 Å². The molecule has 20 heavy (non-hydrogen) atoms. The summed E-state index contributed by atoms with van der Waals surface area (Å²) in [6.45, 7) is 2.23. The quantitative estimate of drug-likeness (QED) is 0.501. The Labute approximate surface area is 125 Å². The van der Waals surface area contributed by atoms with Crippen LogP contribution in [0.3, 0.4) is 0 Å². The minimum absolute atomic E-state index is 0.0312. The molecule has 0 aliphatic rings. The maximum atomic E-state index is 10.5. The second-order valence-corrected chi connectivity index (χ2v) is 5.93. The second kappa shape index (κ2) is 9.80. The molecular weight excluding hydrogens is 274 g/mol. The number of rotatable bonds is 11. The molecule has 1 rings (SSSR count). The van der Waals surface area contributed by atoms with Gasteiger partial charge in [0.05, 0.1) is 5.75 Å². The highest BCUT2D eigenvalue weighted by molar-refractivity contribution is 7.99. The fourth-order valence-electron chi connectivity index (χ4n) is 2.02. The highest BCUT2D eigenvalue weighted by Gasteiger charge is 2.09. The average Bonchev–Trinajstić information content (AvgIpc) is 2.76. The summed E-state index contributed by atoms with van der Waals surface area (Å²) in [7, 11) is 1.81. The molecule has 6 heteroatoms. The average molecular weight is 299 g/mol. The Hall–Kier alpha value is -1.04. The number of aromatic nitrogens is 3. The number of nitrogens with zero attached hydrogens (tertiary/aromatic N) is 3. The molecule has 1 N–H and O–H groups in total. The lowest BCUT2D eigenvalue weighted by Crippen LogP contribution is -2.00. The predicted octanol–water partition coefficient (Wildman–Crippen LogP) is 3.28. The molecule has 114 valence electrons. The summed E-state index contributed by atoms with van der Waals surface area (Å²) in [5.74, 6) is 0.0317. The van der Waals surface area contributed by atoms with Gasteiger partial charge in [-0.25, -0.2) is 9.67 Å². The summed E-state index contributed by atoms with van der Waals surface area (Å²) in [6.07, 6.45) is 9.79. The van der Waals surface area contributed by atoms with Crippen LogP contribution < -0.4 is 0 Å². The normalized spacial score (nSPS) is 10.9. The Bertz CT molecular complexity index is 407. The van der Waals surface area contributed by atoms with Gasteiger partial charge in [0, 0.05) is 13.5 Å². The first kappa shape index (κ1) is 17.0. The molecule has 0 aromatic carbocycles. The van der Waals surface area contributed by atoms with E-state index in [-0.39, 0.29) is 5.75 Å². The van der Waals surface area contributed by atoms with E-state index in [1.54, 1.807) is 4.68 Å². The van der Waals surface area contributed by atoms with Crippen LogP contribution in [0.2, 0.25) is 0 Å². The number of aliphatic carboxylic acids is 1. The van der Waals surface area contributed by atoms with E-state index in [1.807, 2.05) is 7.05 Å². The second-order valence-electron chi connectivity index (χ2n) is 4.99. The fraction of sp³-hybridized carbons (Fsp3) is 0.786. The molecule has 1 aromatic heterocycles. The molecule has 0 atom stereocenters. The lowest BCUT2D eigenvalue weighted by Gasteiger charge is -1.99. The van der Waals surface area contributed by atoms with Crippen LogP contribution in [0.25, 0.3) is 0 Å². The number of carboxylic acid groups (broad SMARTS) is 1. The SMILES string of the molecule is CCCCCCCCCc1nc(SCC(=O)O)n(C)n1. The van der Waals surface area contributed by atoms with Crippen molar-refractivity contribution in [3.05, 3.63) is 5.82 Å². The number of hydrogen-bond acceptors (Lipinski definition) is 4. The van der Waals surface area contributed by atoms with E-state index in [4.69, 9.17) is 5.11 Å². The van der Waals surface area contributed by atoms with Gasteiger partial charge in [0.25, 0.3) is 0 Å². The van der Waals surface area contributed by atoms with Crippen molar-refractivity contribution in [3.8, 4) is 0 Å². The van der Waals surface area contributed by atoms with Crippen LogP contribution >= 0.6 is 11.8 Å². The molecule has 0 spiro atoms. The molecule has 0 bridgehead atoms. The smallest absolute Gasteiger partial charge is 0.313 e. The van der Waals surface area contributed by atoms with Crippen LogP contribution in [0.1, 0.15) is 57.7 Å². The predicted molar refractivity (Wildman–Crippen MR) is 81.1 cm³/mol. The molecule has 1 heterocycles. The Morgan fingerprint density at radius 1 is 1.20 bits per heavy atom. The number of hydrogen-bond donors (Lipinski definition) is 1. The van der Waals surface area contributed by atoms with Gasteiger partial charge in [0.2, 0.25) is 0 Å². The van der Waals surface area contributed by atoms with Crippen LogP contribution in [0.4, 0.5) is 0 Å². The van der Waals surface area contributed by atoms with Gasteiger partial charge in [-0.15, -0.1) is 0 Å². The van der Waals surface area contributed by atoms with Gasteiger partial charge in [0.15, 0.2) is 11.0 Å². The van der Waals surface area contributed by atoms with Crippen LogP contribution in [-0.2, 0) is 18.3 Å². The lowest BCUT2D eigenvalue weighted by molar-refractivity contribution is -0.133. The maximum absolute atomic E-state index is 10.5. The molecule has 0 saturated carbocycles.